The fourth-order valence-corrected chi connectivity index (χ4v) is 8.03. The Morgan fingerprint density at radius 3 is 1.98 bits per heavy atom. The summed E-state index contributed by atoms with van der Waals surface area (Å²) in [5.41, 5.74) is 14.4. The number of methoxy groups -OCH3 is 4. The Morgan fingerprint density at radius 2 is 1.34 bits per heavy atom. The van der Waals surface area contributed by atoms with Crippen LogP contribution in [0.15, 0.2) is 36.4 Å². The summed E-state index contributed by atoms with van der Waals surface area (Å²) in [4.78, 5) is 26.7. The molecule has 12 nitrogen and oxygen atoms in total. The van der Waals surface area contributed by atoms with E-state index < -0.39 is 18.2 Å². The van der Waals surface area contributed by atoms with Gasteiger partial charge in [-0.15, -0.1) is 0 Å². The third-order valence-corrected chi connectivity index (χ3v) is 10.6. The molecule has 2 aliphatic rings. The van der Waals surface area contributed by atoms with Crippen molar-refractivity contribution in [1.29, 1.82) is 0 Å². The van der Waals surface area contributed by atoms with Gasteiger partial charge in [0, 0.05) is 48.8 Å². The first-order chi connectivity index (χ1) is 25.5. The lowest BCUT2D eigenvalue weighted by Crippen LogP contribution is -2.47. The summed E-state index contributed by atoms with van der Waals surface area (Å²) >= 11 is 0. The summed E-state index contributed by atoms with van der Waals surface area (Å²) in [7, 11) is 6.13. The van der Waals surface area contributed by atoms with Crippen LogP contribution in [-0.4, -0.2) is 77.3 Å². The zero-order valence-corrected chi connectivity index (χ0v) is 32.7. The van der Waals surface area contributed by atoms with Crippen molar-refractivity contribution in [2.75, 3.05) is 45.7 Å². The van der Waals surface area contributed by atoms with Gasteiger partial charge in [0.2, 0.25) is 5.75 Å². The lowest BCUT2D eigenvalue weighted by atomic mass is 9.77. The zero-order valence-electron chi connectivity index (χ0n) is 32.7. The Morgan fingerprint density at radius 1 is 0.736 bits per heavy atom. The fourth-order valence-electron chi connectivity index (χ4n) is 8.03. The Hall–Kier alpha value is -3.58. The number of benzene rings is 2. The Labute approximate surface area is 316 Å². The van der Waals surface area contributed by atoms with Crippen molar-refractivity contribution in [2.45, 2.75) is 121 Å². The molecule has 296 valence electrons. The molecule has 6 atom stereocenters. The van der Waals surface area contributed by atoms with Crippen LogP contribution in [0, 0.1) is 17.8 Å². The van der Waals surface area contributed by atoms with Gasteiger partial charge in [-0.2, -0.15) is 0 Å². The molecule has 2 saturated carbocycles. The topological polar surface area (TPSA) is 166 Å². The number of rotatable bonds is 20. The number of hydrogen-bond acceptors (Lipinski definition) is 10. The first-order valence-electron chi connectivity index (χ1n) is 19.4. The summed E-state index contributed by atoms with van der Waals surface area (Å²) < 4.78 is 34.1. The van der Waals surface area contributed by atoms with E-state index in [-0.39, 0.29) is 24.0 Å². The average molecular weight is 741 g/mol. The first kappa shape index (κ1) is 42.2. The molecule has 0 aromatic heterocycles. The van der Waals surface area contributed by atoms with Gasteiger partial charge in [0.25, 0.3) is 11.8 Å². The maximum absolute atomic E-state index is 13.6. The van der Waals surface area contributed by atoms with Crippen LogP contribution < -0.4 is 41.0 Å². The maximum atomic E-state index is 13.6. The molecular weight excluding hydrogens is 676 g/mol. The minimum absolute atomic E-state index is 0.190. The van der Waals surface area contributed by atoms with Gasteiger partial charge in [-0.1, -0.05) is 57.4 Å². The van der Waals surface area contributed by atoms with E-state index in [1.165, 1.54) is 53.4 Å². The molecule has 2 fully saturated rings. The molecule has 12 heteroatoms. The molecule has 0 heterocycles. The number of carbonyl (C=O) groups excluding carboxylic acids is 2. The third kappa shape index (κ3) is 12.8. The Bertz CT molecular complexity index is 1410. The second-order valence-electron chi connectivity index (χ2n) is 15.0. The maximum Gasteiger partial charge on any atom is 0.255 e. The van der Waals surface area contributed by atoms with Gasteiger partial charge < -0.3 is 50.5 Å². The monoisotopic (exact) mass is 740 g/mol. The van der Waals surface area contributed by atoms with Gasteiger partial charge in [0.1, 0.15) is 5.75 Å². The number of nitrogens with two attached hydrogens (primary N) is 2. The van der Waals surface area contributed by atoms with Crippen LogP contribution >= 0.6 is 0 Å². The predicted octanol–water partition coefficient (Wildman–Crippen LogP) is 6.69. The minimum atomic E-state index is -0.836. The van der Waals surface area contributed by atoms with Crippen LogP contribution in [0.25, 0.3) is 0 Å². The van der Waals surface area contributed by atoms with Crippen LogP contribution in [0.3, 0.4) is 0 Å². The quantitative estimate of drug-likeness (QED) is 0.115. The molecule has 2 aromatic carbocycles. The highest BCUT2D eigenvalue weighted by atomic mass is 16.5. The van der Waals surface area contributed by atoms with Crippen LogP contribution in [0.4, 0.5) is 11.4 Å². The number of anilines is 2. The normalized spacial score (nSPS) is 20.2. The molecule has 0 radical (unpaired) electrons. The van der Waals surface area contributed by atoms with Crippen molar-refractivity contribution in [3.8, 4) is 23.0 Å². The van der Waals surface area contributed by atoms with E-state index in [4.69, 9.17) is 39.9 Å². The first-order valence-corrected chi connectivity index (χ1v) is 19.4. The third-order valence-electron chi connectivity index (χ3n) is 10.6. The van der Waals surface area contributed by atoms with Gasteiger partial charge in [-0.3, -0.25) is 9.59 Å². The summed E-state index contributed by atoms with van der Waals surface area (Å²) in [6.07, 6.45) is 11.0. The smallest absolute Gasteiger partial charge is 0.255 e. The van der Waals surface area contributed by atoms with Crippen LogP contribution in [-0.2, 0) is 19.1 Å². The van der Waals surface area contributed by atoms with Gasteiger partial charge in [-0.25, -0.2) is 0 Å². The number of amides is 2. The summed E-state index contributed by atoms with van der Waals surface area (Å²) in [5, 5.41) is 5.93. The van der Waals surface area contributed by atoms with Crippen molar-refractivity contribution < 1.29 is 38.0 Å². The predicted molar refractivity (Wildman–Crippen MR) is 208 cm³/mol. The van der Waals surface area contributed by atoms with Crippen molar-refractivity contribution in [3.05, 3.63) is 36.4 Å². The van der Waals surface area contributed by atoms with E-state index in [1.54, 1.807) is 19.2 Å². The van der Waals surface area contributed by atoms with Gasteiger partial charge >= 0.3 is 0 Å². The van der Waals surface area contributed by atoms with E-state index >= 15 is 0 Å². The molecule has 2 amide bonds. The molecule has 2 aromatic rings. The minimum Gasteiger partial charge on any atom is -0.494 e. The van der Waals surface area contributed by atoms with Crippen LogP contribution in [0.2, 0.25) is 0 Å². The van der Waals surface area contributed by atoms with E-state index in [1.807, 2.05) is 38.1 Å². The highest BCUT2D eigenvalue weighted by molar-refractivity contribution is 5.95. The highest BCUT2D eigenvalue weighted by Gasteiger charge is 2.33. The molecule has 2 aliphatic carbocycles. The molecule has 4 rings (SSSR count). The van der Waals surface area contributed by atoms with E-state index in [0.717, 1.165) is 38.5 Å². The molecule has 0 bridgehead atoms. The standard InChI is InChI=1S/C41H64N4O8/c1-26(2)53-38(41(47)45-31-24-35(48-3)39(51-6)36(25-31)49-4)34(43)22-29-15-10-14-28(20-29)18-19-52-32-17-11-16-30(23-32)44-40(46)37(50-5)33(42)21-27-12-8-7-9-13-27/h11,16-17,23-29,33-34,37-38H,7-10,12-15,18-22,42-43H2,1-6H3,(H,44,46)(H,45,47)/t28?,29?,33-,34-,37?,38?/m1/s1. The zero-order chi connectivity index (χ0) is 38.3. The van der Waals surface area contributed by atoms with Crippen molar-refractivity contribution in [1.82, 2.24) is 0 Å². The SMILES string of the molecule is COc1cc(NC(=O)C(OC(C)C)[C@H](N)CC2CCCC(CCOc3cccc(NC(=O)C(OC)[C@H](N)CC4CCCCC4)c3)C2)cc(OC)c1OC. The fraction of sp³-hybridized carbons (Fsp3) is 0.659. The highest BCUT2D eigenvalue weighted by Crippen LogP contribution is 2.40. The molecule has 0 aliphatic heterocycles. The largest absolute Gasteiger partial charge is 0.494 e. The summed E-state index contributed by atoms with van der Waals surface area (Å²) in [6.45, 7) is 4.36. The molecule has 4 unspecified atom stereocenters. The second-order valence-corrected chi connectivity index (χ2v) is 15.0. The van der Waals surface area contributed by atoms with E-state index in [2.05, 4.69) is 10.6 Å². The lowest BCUT2D eigenvalue weighted by Gasteiger charge is -2.33. The average Bonchev–Trinajstić information content (AvgIpc) is 3.14. The lowest BCUT2D eigenvalue weighted by molar-refractivity contribution is -0.132. The van der Waals surface area contributed by atoms with Gasteiger partial charge in [0.15, 0.2) is 23.7 Å². The van der Waals surface area contributed by atoms with Gasteiger partial charge in [0.05, 0.1) is 34.0 Å². The summed E-state index contributed by atoms with van der Waals surface area (Å²) in [6, 6.07) is 10.00. The Kier molecular flexibility index (Phi) is 17.0. The number of ether oxygens (including phenoxy) is 6. The Balaban J connectivity index is 1.27. The molecule has 0 spiro atoms. The van der Waals surface area contributed by atoms with Crippen molar-refractivity contribution in [3.63, 3.8) is 0 Å². The second kappa shape index (κ2) is 21.3. The molecule has 0 saturated heterocycles. The number of nitrogens with one attached hydrogen (secondary N) is 2. The summed E-state index contributed by atoms with van der Waals surface area (Å²) in [5.74, 6) is 2.86. The molecule has 53 heavy (non-hydrogen) atoms. The van der Waals surface area contributed by atoms with Crippen molar-refractivity contribution in [2.24, 2.45) is 29.2 Å². The van der Waals surface area contributed by atoms with Crippen LogP contribution in [0.5, 0.6) is 23.0 Å². The number of hydrogen-bond donors (Lipinski definition) is 4. The number of carbonyl (C=O) groups is 2. The van der Waals surface area contributed by atoms with Crippen LogP contribution in [0.1, 0.15) is 90.9 Å². The molecular formula is C41H64N4O8. The van der Waals surface area contributed by atoms with Crippen molar-refractivity contribution >= 4 is 23.2 Å². The molecule has 6 N–H and O–H groups in total. The van der Waals surface area contributed by atoms with Gasteiger partial charge in [-0.05, 0) is 69.4 Å². The van der Waals surface area contributed by atoms with E-state index in [0.29, 0.717) is 65.2 Å². The van der Waals surface area contributed by atoms with E-state index in [9.17, 15) is 9.59 Å².